The molecule has 1 atom stereocenters. The van der Waals surface area contributed by atoms with Gasteiger partial charge < -0.3 is 10.2 Å². The average Bonchev–Trinajstić information content (AvgIpc) is 2.82. The first-order valence-electron chi connectivity index (χ1n) is 7.15. The lowest BCUT2D eigenvalue weighted by Crippen LogP contribution is -2.38. The lowest BCUT2D eigenvalue weighted by Gasteiger charge is -2.27. The third kappa shape index (κ3) is 3.54. The molecule has 0 spiro atoms. The van der Waals surface area contributed by atoms with Gasteiger partial charge in [0, 0.05) is 48.2 Å². The molecule has 1 saturated heterocycles. The summed E-state index contributed by atoms with van der Waals surface area (Å²) in [6.07, 6.45) is 2.47. The van der Waals surface area contributed by atoms with Crippen molar-refractivity contribution in [1.82, 2.24) is 10.2 Å². The fourth-order valence-electron chi connectivity index (χ4n) is 3.02. The Balaban J connectivity index is 1.49. The van der Waals surface area contributed by atoms with Gasteiger partial charge in [-0.15, -0.1) is 0 Å². The van der Waals surface area contributed by atoms with Gasteiger partial charge in [-0.05, 0) is 36.1 Å². The van der Waals surface area contributed by atoms with E-state index >= 15 is 0 Å². The van der Waals surface area contributed by atoms with Crippen molar-refractivity contribution in [2.75, 3.05) is 37.7 Å². The topological polar surface area (TPSA) is 15.3 Å². The number of benzene rings is 1. The van der Waals surface area contributed by atoms with Gasteiger partial charge in [0.05, 0.1) is 0 Å². The summed E-state index contributed by atoms with van der Waals surface area (Å²) in [7, 11) is 0. The van der Waals surface area contributed by atoms with Crippen molar-refractivity contribution in [2.24, 2.45) is 0 Å². The number of aryl methyl sites for hydroxylation is 1. The van der Waals surface area contributed by atoms with Crippen LogP contribution in [0.3, 0.4) is 0 Å². The van der Waals surface area contributed by atoms with Crippen molar-refractivity contribution < 1.29 is 0 Å². The average molecular weight is 341 g/mol. The van der Waals surface area contributed by atoms with Crippen LogP contribution in [0.1, 0.15) is 23.6 Å². The highest BCUT2D eigenvalue weighted by Crippen LogP contribution is 2.32. The van der Waals surface area contributed by atoms with Crippen LogP contribution >= 0.6 is 27.7 Å². The van der Waals surface area contributed by atoms with Gasteiger partial charge in [0.15, 0.2) is 0 Å². The predicted molar refractivity (Wildman–Crippen MR) is 87.0 cm³/mol. The number of nitrogens with zero attached hydrogens (tertiary/aromatic N) is 1. The van der Waals surface area contributed by atoms with E-state index < -0.39 is 0 Å². The van der Waals surface area contributed by atoms with Crippen molar-refractivity contribution in [1.29, 1.82) is 0 Å². The SMILES string of the molecule is Brc1ccc2c(c1)CCC2NCCN1CCSCC1. The summed E-state index contributed by atoms with van der Waals surface area (Å²) < 4.78 is 1.21. The molecule has 0 aromatic heterocycles. The molecule has 1 aromatic carbocycles. The maximum atomic E-state index is 3.74. The number of hydrogen-bond donors (Lipinski definition) is 1. The van der Waals surface area contributed by atoms with Gasteiger partial charge in [-0.3, -0.25) is 0 Å². The number of fused-ring (bicyclic) bond motifs is 1. The fraction of sp³-hybridized carbons (Fsp3) is 0.600. The second-order valence-corrected chi connectivity index (χ2v) is 7.48. The number of rotatable bonds is 4. The predicted octanol–water partition coefficient (Wildman–Crippen LogP) is 3.07. The number of hydrogen-bond acceptors (Lipinski definition) is 3. The largest absolute Gasteiger partial charge is 0.309 e. The van der Waals surface area contributed by atoms with E-state index in [0.717, 1.165) is 6.54 Å². The number of nitrogens with one attached hydrogen (secondary N) is 1. The Hall–Kier alpha value is -0.0300. The minimum atomic E-state index is 0.572. The van der Waals surface area contributed by atoms with Crippen LogP contribution in [0.25, 0.3) is 0 Å². The van der Waals surface area contributed by atoms with Crippen LogP contribution in [0.4, 0.5) is 0 Å². The van der Waals surface area contributed by atoms with Gasteiger partial charge in [0.1, 0.15) is 0 Å². The van der Waals surface area contributed by atoms with Crippen LogP contribution in [0.5, 0.6) is 0 Å². The maximum absolute atomic E-state index is 3.74. The molecular formula is C15H21BrN2S. The van der Waals surface area contributed by atoms with Gasteiger partial charge >= 0.3 is 0 Å². The lowest BCUT2D eigenvalue weighted by molar-refractivity contribution is 0.295. The first-order valence-corrected chi connectivity index (χ1v) is 9.09. The Morgan fingerprint density at radius 3 is 3.00 bits per heavy atom. The van der Waals surface area contributed by atoms with Gasteiger partial charge in [-0.25, -0.2) is 0 Å². The molecule has 1 N–H and O–H groups in total. The highest BCUT2D eigenvalue weighted by Gasteiger charge is 2.22. The summed E-state index contributed by atoms with van der Waals surface area (Å²) in [4.78, 5) is 2.58. The highest BCUT2D eigenvalue weighted by atomic mass is 79.9. The Morgan fingerprint density at radius 2 is 2.16 bits per heavy atom. The van der Waals surface area contributed by atoms with Crippen molar-refractivity contribution in [3.63, 3.8) is 0 Å². The molecule has 19 heavy (non-hydrogen) atoms. The molecule has 2 nitrogen and oxygen atoms in total. The second-order valence-electron chi connectivity index (χ2n) is 5.34. The first-order chi connectivity index (χ1) is 9.33. The molecule has 0 saturated carbocycles. The van der Waals surface area contributed by atoms with Gasteiger partial charge in [-0.1, -0.05) is 22.0 Å². The summed E-state index contributed by atoms with van der Waals surface area (Å²) in [6, 6.07) is 7.29. The minimum absolute atomic E-state index is 0.572. The van der Waals surface area contributed by atoms with Crippen molar-refractivity contribution in [3.05, 3.63) is 33.8 Å². The zero-order valence-electron chi connectivity index (χ0n) is 11.2. The fourth-order valence-corrected chi connectivity index (χ4v) is 4.41. The summed E-state index contributed by atoms with van der Waals surface area (Å²) >= 11 is 5.64. The summed E-state index contributed by atoms with van der Waals surface area (Å²) in [5, 5.41) is 3.74. The van der Waals surface area contributed by atoms with E-state index in [9.17, 15) is 0 Å². The Kier molecular flexibility index (Phi) is 4.85. The zero-order valence-corrected chi connectivity index (χ0v) is 13.6. The first kappa shape index (κ1) is 13.9. The Bertz CT molecular complexity index is 432. The lowest BCUT2D eigenvalue weighted by atomic mass is 10.1. The summed E-state index contributed by atoms with van der Waals surface area (Å²) in [5.74, 6) is 2.61. The monoisotopic (exact) mass is 340 g/mol. The zero-order chi connectivity index (χ0) is 13.1. The van der Waals surface area contributed by atoms with Crippen LogP contribution in [-0.4, -0.2) is 42.6 Å². The third-order valence-corrected chi connectivity index (χ3v) is 5.54. The van der Waals surface area contributed by atoms with Crippen LogP contribution in [0.15, 0.2) is 22.7 Å². The molecule has 3 rings (SSSR count). The molecule has 1 aromatic rings. The minimum Gasteiger partial charge on any atom is -0.309 e. The van der Waals surface area contributed by atoms with E-state index in [1.54, 1.807) is 0 Å². The summed E-state index contributed by atoms with van der Waals surface area (Å²) in [6.45, 7) is 4.84. The Morgan fingerprint density at radius 1 is 1.32 bits per heavy atom. The third-order valence-electron chi connectivity index (χ3n) is 4.11. The molecule has 1 aliphatic heterocycles. The summed E-state index contributed by atoms with van der Waals surface area (Å²) in [5.41, 5.74) is 3.03. The molecule has 2 aliphatic rings. The maximum Gasteiger partial charge on any atom is 0.0326 e. The molecule has 0 amide bonds. The normalized spacial score (nSPS) is 23.5. The molecular weight excluding hydrogens is 320 g/mol. The highest BCUT2D eigenvalue weighted by molar-refractivity contribution is 9.10. The van der Waals surface area contributed by atoms with E-state index in [1.807, 2.05) is 0 Å². The van der Waals surface area contributed by atoms with Crippen LogP contribution in [0.2, 0.25) is 0 Å². The molecule has 1 aliphatic carbocycles. The molecule has 0 radical (unpaired) electrons. The second kappa shape index (κ2) is 6.61. The van der Waals surface area contributed by atoms with E-state index in [4.69, 9.17) is 0 Å². The smallest absolute Gasteiger partial charge is 0.0326 e. The number of halogens is 1. The molecule has 1 fully saturated rings. The van der Waals surface area contributed by atoms with E-state index in [2.05, 4.69) is 56.1 Å². The molecule has 1 heterocycles. The van der Waals surface area contributed by atoms with Crippen LogP contribution in [0, 0.1) is 0 Å². The van der Waals surface area contributed by atoms with Gasteiger partial charge in [0.25, 0.3) is 0 Å². The van der Waals surface area contributed by atoms with E-state index in [1.165, 1.54) is 59.6 Å². The molecule has 0 bridgehead atoms. The van der Waals surface area contributed by atoms with Crippen molar-refractivity contribution >= 4 is 27.7 Å². The van der Waals surface area contributed by atoms with E-state index in [0.29, 0.717) is 6.04 Å². The van der Waals surface area contributed by atoms with Crippen LogP contribution in [-0.2, 0) is 6.42 Å². The van der Waals surface area contributed by atoms with Crippen molar-refractivity contribution in [3.8, 4) is 0 Å². The molecule has 104 valence electrons. The van der Waals surface area contributed by atoms with Gasteiger partial charge in [0.2, 0.25) is 0 Å². The molecule has 4 heteroatoms. The standard InChI is InChI=1S/C15H21BrN2S/c16-13-2-3-14-12(11-13)1-4-15(14)17-5-6-18-7-9-19-10-8-18/h2-3,11,15,17H,1,4-10H2. The quantitative estimate of drug-likeness (QED) is 0.906. The van der Waals surface area contributed by atoms with Gasteiger partial charge in [-0.2, -0.15) is 11.8 Å². The van der Waals surface area contributed by atoms with Crippen molar-refractivity contribution in [2.45, 2.75) is 18.9 Å². The van der Waals surface area contributed by atoms with Crippen LogP contribution < -0.4 is 5.32 Å². The number of thioether (sulfide) groups is 1. The Labute approximate surface area is 128 Å². The van der Waals surface area contributed by atoms with E-state index in [-0.39, 0.29) is 0 Å². The molecule has 1 unspecified atom stereocenters.